The molecule has 152 valence electrons. The lowest BCUT2D eigenvalue weighted by atomic mass is 9.68. The number of halogens is 1. The fourth-order valence-electron chi connectivity index (χ4n) is 4.61. The summed E-state index contributed by atoms with van der Waals surface area (Å²) in [7, 11) is 0. The van der Waals surface area contributed by atoms with Crippen LogP contribution < -0.4 is 5.32 Å². The van der Waals surface area contributed by atoms with Gasteiger partial charge in [-0.3, -0.25) is 4.57 Å². The van der Waals surface area contributed by atoms with Crippen LogP contribution in [0.4, 0.5) is 5.82 Å². The van der Waals surface area contributed by atoms with Crippen molar-refractivity contribution < 1.29 is 14.9 Å². The quantitative estimate of drug-likeness (QED) is 0.629. The number of nitrogens with one attached hydrogen (secondary N) is 1. The molecule has 28 heavy (non-hydrogen) atoms. The van der Waals surface area contributed by atoms with E-state index in [4.69, 9.17) is 16.3 Å². The molecule has 5 rings (SSSR count). The highest BCUT2D eigenvalue weighted by Crippen LogP contribution is 2.42. The van der Waals surface area contributed by atoms with E-state index in [9.17, 15) is 10.2 Å². The molecule has 2 aromatic heterocycles. The third-order valence-electron chi connectivity index (χ3n) is 6.74. The minimum Gasteiger partial charge on any atom is -0.387 e. The topological polar surface area (TPSA) is 105 Å². The Labute approximate surface area is 168 Å². The minimum atomic E-state index is -1.09. The van der Waals surface area contributed by atoms with E-state index in [1.165, 1.54) is 44.9 Å². The molecule has 0 unspecified atom stereocenters. The second-order valence-corrected chi connectivity index (χ2v) is 8.61. The Kier molecular flexibility index (Phi) is 4.90. The van der Waals surface area contributed by atoms with E-state index in [0.29, 0.717) is 29.0 Å². The number of aliphatic hydroxyl groups excluding tert-OH is 2. The Morgan fingerprint density at radius 3 is 2.39 bits per heavy atom. The van der Waals surface area contributed by atoms with E-state index < -0.39 is 24.5 Å². The molecular weight excluding hydrogens is 382 g/mol. The van der Waals surface area contributed by atoms with Crippen LogP contribution >= 0.6 is 11.6 Å². The molecule has 1 aliphatic heterocycles. The van der Waals surface area contributed by atoms with Crippen LogP contribution in [-0.4, -0.2) is 60.0 Å². The van der Waals surface area contributed by atoms with Crippen molar-refractivity contribution in [1.29, 1.82) is 0 Å². The van der Waals surface area contributed by atoms with E-state index in [1.807, 2.05) is 0 Å². The molecule has 0 amide bonds. The van der Waals surface area contributed by atoms with Crippen LogP contribution in [0.3, 0.4) is 0 Å². The third-order valence-corrected chi connectivity index (χ3v) is 7.05. The van der Waals surface area contributed by atoms with Gasteiger partial charge in [0.25, 0.3) is 0 Å². The van der Waals surface area contributed by atoms with Crippen molar-refractivity contribution in [2.45, 2.75) is 69.1 Å². The average molecular weight is 408 g/mol. The number of imidazole rings is 1. The zero-order chi connectivity index (χ0) is 19.3. The number of aliphatic hydroxyl groups is 2. The molecule has 2 aromatic rings. The van der Waals surface area contributed by atoms with Gasteiger partial charge in [0.15, 0.2) is 23.2 Å². The summed E-state index contributed by atoms with van der Waals surface area (Å²) in [5.41, 5.74) is 1.23. The van der Waals surface area contributed by atoms with E-state index in [1.54, 1.807) is 10.9 Å². The molecule has 3 fully saturated rings. The maximum Gasteiger partial charge on any atom is 0.167 e. The van der Waals surface area contributed by atoms with E-state index >= 15 is 0 Å². The maximum atomic E-state index is 10.4. The van der Waals surface area contributed by atoms with Crippen molar-refractivity contribution in [3.05, 3.63) is 12.7 Å². The lowest BCUT2D eigenvalue weighted by molar-refractivity contribution is -0.0291. The molecule has 3 heterocycles. The summed E-state index contributed by atoms with van der Waals surface area (Å²) in [6, 6.07) is 0.432. The van der Waals surface area contributed by atoms with Gasteiger partial charge in [0.05, 0.1) is 12.2 Å². The van der Waals surface area contributed by atoms with Crippen LogP contribution in [0, 0.1) is 11.8 Å². The average Bonchev–Trinajstić information content (AvgIpc) is 3.14. The second-order valence-electron chi connectivity index (χ2n) is 8.30. The van der Waals surface area contributed by atoms with Crippen molar-refractivity contribution in [3.8, 4) is 0 Å². The van der Waals surface area contributed by atoms with Crippen LogP contribution in [0.5, 0.6) is 0 Å². The first-order valence-corrected chi connectivity index (χ1v) is 10.7. The maximum absolute atomic E-state index is 10.4. The Hall–Kier alpha value is -1.48. The monoisotopic (exact) mass is 407 g/mol. The first kappa shape index (κ1) is 18.5. The molecule has 1 saturated heterocycles. The van der Waals surface area contributed by atoms with E-state index in [2.05, 4.69) is 20.3 Å². The summed E-state index contributed by atoms with van der Waals surface area (Å²) in [4.78, 5) is 13.3. The fraction of sp³-hybridized carbons (Fsp3) is 0.737. The van der Waals surface area contributed by atoms with Crippen molar-refractivity contribution in [3.63, 3.8) is 0 Å². The van der Waals surface area contributed by atoms with Crippen LogP contribution in [0.2, 0.25) is 0 Å². The Balaban J connectivity index is 1.44. The Morgan fingerprint density at radius 1 is 1.11 bits per heavy atom. The molecule has 2 aliphatic carbocycles. The number of rotatable bonds is 6. The van der Waals surface area contributed by atoms with Crippen molar-refractivity contribution in [2.75, 3.05) is 11.2 Å². The summed E-state index contributed by atoms with van der Waals surface area (Å²) < 4.78 is 7.41. The SMILES string of the molecule is O[C@@H]1[C@H](O)[C@@H](CCl)O[C@H]1n1cnc2c(NC(C3CCC3)C3CCC3)ncnc21. The van der Waals surface area contributed by atoms with Gasteiger partial charge in [-0.25, -0.2) is 15.0 Å². The number of alkyl halides is 1. The molecule has 0 spiro atoms. The van der Waals surface area contributed by atoms with Gasteiger partial charge in [0.2, 0.25) is 0 Å². The first-order chi connectivity index (χ1) is 13.7. The predicted octanol–water partition coefficient (Wildman–Crippen LogP) is 2.06. The molecule has 0 bridgehead atoms. The summed E-state index contributed by atoms with van der Waals surface area (Å²) in [6.07, 6.45) is 7.28. The number of anilines is 1. The van der Waals surface area contributed by atoms with E-state index in [-0.39, 0.29) is 5.88 Å². The molecule has 9 heteroatoms. The summed E-state index contributed by atoms with van der Waals surface area (Å²) in [6.45, 7) is 0. The summed E-state index contributed by atoms with van der Waals surface area (Å²) >= 11 is 5.84. The molecule has 3 N–H and O–H groups in total. The number of ether oxygens (including phenoxy) is 1. The van der Waals surface area contributed by atoms with Crippen molar-refractivity contribution in [2.24, 2.45) is 11.8 Å². The highest BCUT2D eigenvalue weighted by molar-refractivity contribution is 6.18. The zero-order valence-corrected chi connectivity index (χ0v) is 16.4. The lowest BCUT2D eigenvalue weighted by Gasteiger charge is -2.43. The second kappa shape index (κ2) is 7.40. The number of hydrogen-bond acceptors (Lipinski definition) is 7. The third kappa shape index (κ3) is 2.98. The van der Waals surface area contributed by atoms with Gasteiger partial charge in [-0.15, -0.1) is 11.6 Å². The Morgan fingerprint density at radius 2 is 1.82 bits per heavy atom. The van der Waals surface area contributed by atoms with Crippen LogP contribution in [-0.2, 0) is 4.74 Å². The predicted molar refractivity (Wildman–Crippen MR) is 104 cm³/mol. The van der Waals surface area contributed by atoms with Crippen LogP contribution in [0.15, 0.2) is 12.7 Å². The number of aromatic nitrogens is 4. The summed E-state index contributed by atoms with van der Waals surface area (Å²) in [5.74, 6) is 2.25. The van der Waals surface area contributed by atoms with Crippen LogP contribution in [0.25, 0.3) is 11.2 Å². The minimum absolute atomic E-state index is 0.105. The molecule has 4 atom stereocenters. The van der Waals surface area contributed by atoms with Crippen molar-refractivity contribution >= 4 is 28.6 Å². The van der Waals surface area contributed by atoms with Gasteiger partial charge in [-0.05, 0) is 37.5 Å². The van der Waals surface area contributed by atoms with Gasteiger partial charge in [0, 0.05) is 6.04 Å². The smallest absolute Gasteiger partial charge is 0.167 e. The zero-order valence-electron chi connectivity index (χ0n) is 15.6. The van der Waals surface area contributed by atoms with E-state index in [0.717, 1.165) is 5.82 Å². The van der Waals surface area contributed by atoms with Gasteiger partial charge in [-0.2, -0.15) is 0 Å². The van der Waals surface area contributed by atoms with Crippen molar-refractivity contribution in [1.82, 2.24) is 19.5 Å². The molecular formula is C19H26ClN5O3. The molecule has 2 saturated carbocycles. The largest absolute Gasteiger partial charge is 0.387 e. The molecule has 0 aromatic carbocycles. The normalized spacial score (nSPS) is 31.3. The lowest BCUT2D eigenvalue weighted by Crippen LogP contribution is -2.42. The molecule has 8 nitrogen and oxygen atoms in total. The Bertz CT molecular complexity index is 826. The van der Waals surface area contributed by atoms with Gasteiger partial charge in [0.1, 0.15) is 24.6 Å². The van der Waals surface area contributed by atoms with Crippen LogP contribution in [0.1, 0.15) is 44.8 Å². The van der Waals surface area contributed by atoms with Gasteiger partial charge < -0.3 is 20.3 Å². The fourth-order valence-corrected chi connectivity index (χ4v) is 4.86. The number of hydrogen-bond donors (Lipinski definition) is 3. The van der Waals surface area contributed by atoms with Gasteiger partial charge >= 0.3 is 0 Å². The molecule has 0 radical (unpaired) electrons. The summed E-state index contributed by atoms with van der Waals surface area (Å²) in [5, 5.41) is 24.2. The highest BCUT2D eigenvalue weighted by Gasteiger charge is 2.44. The highest BCUT2D eigenvalue weighted by atomic mass is 35.5. The standard InChI is InChI=1S/C19H26ClN5O3/c20-7-12-15(26)16(27)19(28-12)25-9-23-14-17(21-8-22-18(14)25)24-13(10-3-1-4-10)11-5-2-6-11/h8-13,15-16,19,26-27H,1-7H2,(H,21,22,24)/t12-,15-,16-,19-/m1/s1. The van der Waals surface area contributed by atoms with Gasteiger partial charge in [-0.1, -0.05) is 12.8 Å². The number of nitrogens with zero attached hydrogens (tertiary/aromatic N) is 4. The number of fused-ring (bicyclic) bond motifs is 1. The molecule has 3 aliphatic rings. The first-order valence-electron chi connectivity index (χ1n) is 10.2.